The van der Waals surface area contributed by atoms with Crippen molar-refractivity contribution in [3.05, 3.63) is 29.8 Å². The number of nitrogens with one attached hydrogen (secondary N) is 1. The molecule has 6 nitrogen and oxygen atoms in total. The number of aliphatic carboxylic acids is 1. The minimum Gasteiger partial charge on any atom is -0.481 e. The summed E-state index contributed by atoms with van der Waals surface area (Å²) in [6.45, 7) is 2.10. The lowest BCUT2D eigenvalue weighted by Gasteiger charge is -2.35. The number of amides is 2. The molecule has 0 atom stereocenters. The van der Waals surface area contributed by atoms with Gasteiger partial charge in [-0.25, -0.2) is 0 Å². The number of hydrogen-bond acceptors (Lipinski definition) is 3. The van der Waals surface area contributed by atoms with Crippen molar-refractivity contribution in [2.75, 3.05) is 18.4 Å². The van der Waals surface area contributed by atoms with E-state index in [9.17, 15) is 14.4 Å². The van der Waals surface area contributed by atoms with E-state index in [-0.39, 0.29) is 13.1 Å². The van der Waals surface area contributed by atoms with Crippen molar-refractivity contribution in [3.8, 4) is 0 Å². The summed E-state index contributed by atoms with van der Waals surface area (Å²) in [4.78, 5) is 35.2. The second-order valence-electron chi connectivity index (χ2n) is 4.57. The van der Waals surface area contributed by atoms with Crippen LogP contribution in [0.2, 0.25) is 0 Å². The van der Waals surface area contributed by atoms with Gasteiger partial charge in [0.05, 0.1) is 5.92 Å². The molecule has 2 amide bonds. The molecule has 1 aromatic carbocycles. The smallest absolute Gasteiger partial charge is 0.313 e. The van der Waals surface area contributed by atoms with E-state index in [0.29, 0.717) is 5.69 Å². The molecule has 1 aliphatic rings. The fraction of sp³-hybridized carbons (Fsp3) is 0.308. The third kappa shape index (κ3) is 2.90. The SMILES string of the molecule is Cc1ccc(NC(=O)C(=O)N2CC(C(=O)O)C2)cc1. The number of carbonyl (C=O) groups excluding carboxylic acids is 2. The van der Waals surface area contributed by atoms with Crippen molar-refractivity contribution >= 4 is 23.5 Å². The van der Waals surface area contributed by atoms with Crippen LogP contribution in [0.4, 0.5) is 5.69 Å². The van der Waals surface area contributed by atoms with E-state index in [1.54, 1.807) is 12.1 Å². The fourth-order valence-electron chi connectivity index (χ4n) is 1.77. The van der Waals surface area contributed by atoms with E-state index >= 15 is 0 Å². The Morgan fingerprint density at radius 3 is 2.32 bits per heavy atom. The number of hydrogen-bond donors (Lipinski definition) is 2. The van der Waals surface area contributed by atoms with E-state index in [0.717, 1.165) is 5.56 Å². The van der Waals surface area contributed by atoms with E-state index < -0.39 is 23.7 Å². The Labute approximate surface area is 110 Å². The normalized spacial score (nSPS) is 14.7. The van der Waals surface area contributed by atoms with Gasteiger partial charge in [0.15, 0.2) is 0 Å². The van der Waals surface area contributed by atoms with Crippen LogP contribution in [0, 0.1) is 12.8 Å². The number of benzene rings is 1. The van der Waals surface area contributed by atoms with Crippen molar-refractivity contribution in [3.63, 3.8) is 0 Å². The number of carboxylic acids is 1. The number of rotatable bonds is 2. The number of likely N-dealkylation sites (tertiary alicyclic amines) is 1. The lowest BCUT2D eigenvalue weighted by atomic mass is 10.0. The van der Waals surface area contributed by atoms with Crippen LogP contribution in [0.1, 0.15) is 5.56 Å². The zero-order valence-electron chi connectivity index (χ0n) is 10.4. The maximum atomic E-state index is 11.7. The van der Waals surface area contributed by atoms with Gasteiger partial charge in [-0.3, -0.25) is 14.4 Å². The molecule has 6 heteroatoms. The molecule has 0 aliphatic carbocycles. The summed E-state index contributed by atoms with van der Waals surface area (Å²) in [5.74, 6) is -2.94. The molecule has 0 unspecified atom stereocenters. The molecule has 1 aromatic rings. The minimum atomic E-state index is -0.942. The third-order valence-electron chi connectivity index (χ3n) is 3.02. The topological polar surface area (TPSA) is 86.7 Å². The number of aryl methyl sites for hydroxylation is 1. The summed E-state index contributed by atoms with van der Waals surface area (Å²) in [6.07, 6.45) is 0. The van der Waals surface area contributed by atoms with Gasteiger partial charge in [-0.05, 0) is 19.1 Å². The highest BCUT2D eigenvalue weighted by molar-refractivity contribution is 6.39. The summed E-state index contributed by atoms with van der Waals surface area (Å²) in [7, 11) is 0. The predicted octanol–water partition coefficient (Wildman–Crippen LogP) is 0.477. The van der Waals surface area contributed by atoms with Crippen LogP contribution < -0.4 is 5.32 Å². The first-order valence-corrected chi connectivity index (χ1v) is 5.87. The first-order chi connectivity index (χ1) is 8.97. The van der Waals surface area contributed by atoms with E-state index in [1.165, 1.54) is 4.90 Å². The predicted molar refractivity (Wildman–Crippen MR) is 67.5 cm³/mol. The molecule has 0 saturated carbocycles. The Bertz CT molecular complexity index is 518. The maximum absolute atomic E-state index is 11.7. The summed E-state index contributed by atoms with van der Waals surface area (Å²) in [5, 5.41) is 11.2. The second kappa shape index (κ2) is 5.09. The average molecular weight is 262 g/mol. The van der Waals surface area contributed by atoms with Crippen molar-refractivity contribution < 1.29 is 19.5 Å². The third-order valence-corrected chi connectivity index (χ3v) is 3.02. The van der Waals surface area contributed by atoms with Gasteiger partial charge in [0.2, 0.25) is 0 Å². The number of carbonyl (C=O) groups is 3. The lowest BCUT2D eigenvalue weighted by molar-refractivity contribution is -0.156. The summed E-state index contributed by atoms with van der Waals surface area (Å²) >= 11 is 0. The standard InChI is InChI=1S/C13H14N2O4/c1-8-2-4-10(5-3-8)14-11(16)12(17)15-6-9(7-15)13(18)19/h2-5,9H,6-7H2,1H3,(H,14,16)(H,18,19). The molecule has 1 fully saturated rings. The summed E-state index contributed by atoms with van der Waals surface area (Å²) < 4.78 is 0. The Morgan fingerprint density at radius 1 is 1.21 bits per heavy atom. The van der Waals surface area contributed by atoms with Crippen LogP contribution in [-0.2, 0) is 14.4 Å². The van der Waals surface area contributed by atoms with Gasteiger partial charge in [-0.2, -0.15) is 0 Å². The molecular formula is C13H14N2O4. The Balaban J connectivity index is 1.89. The van der Waals surface area contributed by atoms with Gasteiger partial charge < -0.3 is 15.3 Å². The molecule has 1 aliphatic heterocycles. The van der Waals surface area contributed by atoms with Gasteiger partial charge in [0.1, 0.15) is 0 Å². The highest BCUT2D eigenvalue weighted by Crippen LogP contribution is 2.16. The highest BCUT2D eigenvalue weighted by Gasteiger charge is 2.37. The quantitative estimate of drug-likeness (QED) is 0.759. The Morgan fingerprint density at radius 2 is 1.79 bits per heavy atom. The van der Waals surface area contributed by atoms with Crippen molar-refractivity contribution in [1.82, 2.24) is 4.90 Å². The van der Waals surface area contributed by atoms with Crippen molar-refractivity contribution in [2.45, 2.75) is 6.92 Å². The molecule has 1 heterocycles. The zero-order valence-corrected chi connectivity index (χ0v) is 10.4. The number of carboxylic acid groups (broad SMARTS) is 1. The second-order valence-corrected chi connectivity index (χ2v) is 4.57. The van der Waals surface area contributed by atoms with Crippen LogP contribution in [-0.4, -0.2) is 40.9 Å². The molecule has 0 bridgehead atoms. The highest BCUT2D eigenvalue weighted by atomic mass is 16.4. The summed E-state index contributed by atoms with van der Waals surface area (Å²) in [5.41, 5.74) is 1.59. The van der Waals surface area contributed by atoms with E-state index in [1.807, 2.05) is 19.1 Å². The van der Waals surface area contributed by atoms with Gasteiger partial charge >= 0.3 is 17.8 Å². The molecule has 2 rings (SSSR count). The molecule has 0 spiro atoms. The zero-order chi connectivity index (χ0) is 14.0. The van der Waals surface area contributed by atoms with Crippen LogP contribution in [0.25, 0.3) is 0 Å². The molecular weight excluding hydrogens is 248 g/mol. The Kier molecular flexibility index (Phi) is 3.50. The fourth-order valence-corrected chi connectivity index (χ4v) is 1.77. The molecule has 1 saturated heterocycles. The van der Waals surface area contributed by atoms with Gasteiger partial charge in [-0.15, -0.1) is 0 Å². The molecule has 2 N–H and O–H groups in total. The van der Waals surface area contributed by atoms with Crippen LogP contribution in [0.15, 0.2) is 24.3 Å². The van der Waals surface area contributed by atoms with Gasteiger partial charge in [0, 0.05) is 18.8 Å². The van der Waals surface area contributed by atoms with Crippen LogP contribution in [0.5, 0.6) is 0 Å². The first kappa shape index (κ1) is 13.1. The maximum Gasteiger partial charge on any atom is 0.313 e. The van der Waals surface area contributed by atoms with E-state index in [2.05, 4.69) is 5.32 Å². The number of anilines is 1. The van der Waals surface area contributed by atoms with Crippen molar-refractivity contribution in [2.24, 2.45) is 5.92 Å². The molecule has 0 aromatic heterocycles. The van der Waals surface area contributed by atoms with Gasteiger partial charge in [-0.1, -0.05) is 17.7 Å². The van der Waals surface area contributed by atoms with Crippen molar-refractivity contribution in [1.29, 1.82) is 0 Å². The first-order valence-electron chi connectivity index (χ1n) is 5.87. The molecule has 19 heavy (non-hydrogen) atoms. The Hall–Kier alpha value is -2.37. The largest absolute Gasteiger partial charge is 0.481 e. The number of nitrogens with zero attached hydrogens (tertiary/aromatic N) is 1. The molecule has 0 radical (unpaired) electrons. The average Bonchev–Trinajstić information content (AvgIpc) is 2.29. The minimum absolute atomic E-state index is 0.0927. The van der Waals surface area contributed by atoms with E-state index in [4.69, 9.17) is 5.11 Å². The van der Waals surface area contributed by atoms with Crippen LogP contribution >= 0.6 is 0 Å². The lowest BCUT2D eigenvalue weighted by Crippen LogP contribution is -2.55. The van der Waals surface area contributed by atoms with Crippen LogP contribution in [0.3, 0.4) is 0 Å². The van der Waals surface area contributed by atoms with Gasteiger partial charge in [0.25, 0.3) is 0 Å². The molecule has 100 valence electrons. The summed E-state index contributed by atoms with van der Waals surface area (Å²) in [6, 6.07) is 7.06. The monoisotopic (exact) mass is 262 g/mol.